The van der Waals surface area contributed by atoms with Crippen LogP contribution in [0.25, 0.3) is 5.69 Å². The van der Waals surface area contributed by atoms with Crippen molar-refractivity contribution >= 4 is 11.9 Å². The lowest BCUT2D eigenvalue weighted by Gasteiger charge is -2.32. The highest BCUT2D eigenvalue weighted by atomic mass is 16.5. The molecule has 1 aliphatic rings. The van der Waals surface area contributed by atoms with Gasteiger partial charge in [-0.2, -0.15) is 5.10 Å². The Labute approximate surface area is 139 Å². The van der Waals surface area contributed by atoms with E-state index in [1.807, 2.05) is 25.1 Å². The fourth-order valence-corrected chi connectivity index (χ4v) is 2.75. The largest absolute Gasteiger partial charge is 0.494 e. The first-order valence-electron chi connectivity index (χ1n) is 7.72. The Bertz CT molecular complexity index is 778. The van der Waals surface area contributed by atoms with Crippen LogP contribution in [0.3, 0.4) is 0 Å². The minimum atomic E-state index is -0.809. The molecule has 1 heterocycles. The maximum atomic E-state index is 12.2. The Kier molecular flexibility index (Phi) is 4.24. The molecule has 1 aromatic carbocycles. The summed E-state index contributed by atoms with van der Waals surface area (Å²) in [6.45, 7) is 1.97. The lowest BCUT2D eigenvalue weighted by Crippen LogP contribution is -2.46. The molecule has 1 aliphatic carbocycles. The molecule has 0 radical (unpaired) electrons. The summed E-state index contributed by atoms with van der Waals surface area (Å²) in [6, 6.07) is 7.25. The second-order valence-corrected chi connectivity index (χ2v) is 6.00. The number of amides is 1. The summed E-state index contributed by atoms with van der Waals surface area (Å²) in [5.41, 5.74) is 2.10. The molecule has 1 saturated carbocycles. The molecule has 0 spiro atoms. The molecule has 0 saturated heterocycles. The number of aliphatic carboxylic acids is 1. The Balaban J connectivity index is 1.71. The van der Waals surface area contributed by atoms with Crippen molar-refractivity contribution in [3.05, 3.63) is 41.7 Å². The van der Waals surface area contributed by atoms with Gasteiger partial charge in [0.2, 0.25) is 0 Å². The molecule has 24 heavy (non-hydrogen) atoms. The number of rotatable bonds is 5. The van der Waals surface area contributed by atoms with Crippen molar-refractivity contribution in [1.82, 2.24) is 15.1 Å². The number of methoxy groups -OCH3 is 1. The average Bonchev–Trinajstić information content (AvgIpc) is 2.99. The summed E-state index contributed by atoms with van der Waals surface area (Å²) < 4.78 is 6.93. The summed E-state index contributed by atoms with van der Waals surface area (Å²) >= 11 is 0. The fourth-order valence-electron chi connectivity index (χ4n) is 2.75. The highest BCUT2D eigenvalue weighted by Crippen LogP contribution is 2.28. The van der Waals surface area contributed by atoms with Crippen LogP contribution < -0.4 is 10.1 Å². The molecule has 0 atom stereocenters. The Hall–Kier alpha value is -2.83. The zero-order chi connectivity index (χ0) is 17.3. The van der Waals surface area contributed by atoms with Gasteiger partial charge in [-0.15, -0.1) is 0 Å². The number of ether oxygens (including phenoxy) is 1. The number of hydrogen-bond donors (Lipinski definition) is 2. The lowest BCUT2D eigenvalue weighted by molar-refractivity contribution is -0.145. The van der Waals surface area contributed by atoms with Gasteiger partial charge in [-0.05, 0) is 43.5 Å². The molecule has 0 unspecified atom stereocenters. The Morgan fingerprint density at radius 3 is 2.75 bits per heavy atom. The summed E-state index contributed by atoms with van der Waals surface area (Å²) in [7, 11) is 1.58. The number of carbonyl (C=O) groups excluding carboxylic acids is 1. The Morgan fingerprint density at radius 1 is 1.33 bits per heavy atom. The van der Waals surface area contributed by atoms with Crippen molar-refractivity contribution in [2.45, 2.75) is 25.8 Å². The van der Waals surface area contributed by atoms with Crippen molar-refractivity contribution in [1.29, 1.82) is 0 Å². The summed E-state index contributed by atoms with van der Waals surface area (Å²) in [5, 5.41) is 16.0. The van der Waals surface area contributed by atoms with Crippen LogP contribution in [0.2, 0.25) is 0 Å². The van der Waals surface area contributed by atoms with Crippen LogP contribution in [-0.4, -0.2) is 39.9 Å². The monoisotopic (exact) mass is 329 g/mol. The first kappa shape index (κ1) is 16.0. The third kappa shape index (κ3) is 3.10. The molecule has 2 N–H and O–H groups in total. The van der Waals surface area contributed by atoms with Gasteiger partial charge < -0.3 is 15.2 Å². The van der Waals surface area contributed by atoms with E-state index in [9.17, 15) is 9.59 Å². The van der Waals surface area contributed by atoms with Gasteiger partial charge >= 0.3 is 5.97 Å². The van der Waals surface area contributed by atoms with Crippen LogP contribution in [0.4, 0.5) is 0 Å². The topological polar surface area (TPSA) is 93.5 Å². The van der Waals surface area contributed by atoms with Crippen molar-refractivity contribution in [2.75, 3.05) is 7.11 Å². The van der Waals surface area contributed by atoms with Gasteiger partial charge in [-0.3, -0.25) is 9.59 Å². The maximum Gasteiger partial charge on any atom is 0.306 e. The van der Waals surface area contributed by atoms with Gasteiger partial charge in [0.05, 0.1) is 13.0 Å². The quantitative estimate of drug-likeness (QED) is 0.872. The number of nitrogens with zero attached hydrogens (tertiary/aromatic N) is 2. The van der Waals surface area contributed by atoms with Crippen LogP contribution in [0.5, 0.6) is 5.75 Å². The second-order valence-electron chi connectivity index (χ2n) is 6.00. The molecule has 0 bridgehead atoms. The molecular weight excluding hydrogens is 310 g/mol. The lowest BCUT2D eigenvalue weighted by atomic mass is 9.80. The van der Waals surface area contributed by atoms with Gasteiger partial charge in [-0.25, -0.2) is 4.68 Å². The zero-order valence-corrected chi connectivity index (χ0v) is 13.5. The first-order valence-corrected chi connectivity index (χ1v) is 7.72. The van der Waals surface area contributed by atoms with E-state index in [-0.39, 0.29) is 23.6 Å². The number of carboxylic acid groups (broad SMARTS) is 1. The fraction of sp³-hybridized carbons (Fsp3) is 0.353. The first-order chi connectivity index (χ1) is 11.5. The third-order valence-electron chi connectivity index (χ3n) is 4.23. The molecular formula is C17H19N3O4. The van der Waals surface area contributed by atoms with Gasteiger partial charge in [-0.1, -0.05) is 6.07 Å². The number of aromatic nitrogens is 2. The van der Waals surface area contributed by atoms with Gasteiger partial charge in [0, 0.05) is 12.2 Å². The number of carbonyl (C=O) groups is 2. The number of aryl methyl sites for hydroxylation is 1. The Morgan fingerprint density at radius 2 is 2.08 bits per heavy atom. The van der Waals surface area contributed by atoms with E-state index in [0.29, 0.717) is 18.6 Å². The van der Waals surface area contributed by atoms with Gasteiger partial charge in [0.1, 0.15) is 11.4 Å². The minimum Gasteiger partial charge on any atom is -0.494 e. The molecule has 3 rings (SSSR count). The molecule has 1 fully saturated rings. The third-order valence-corrected chi connectivity index (χ3v) is 4.23. The van der Waals surface area contributed by atoms with E-state index in [1.54, 1.807) is 24.1 Å². The smallest absolute Gasteiger partial charge is 0.306 e. The standard InChI is InChI=1S/C17H19N3O4/c1-10-3-4-15(24-2)14(7-10)20-6-5-13(19-20)16(21)18-12-8-11(9-12)17(22)23/h3-7,11-12H,8-9H2,1-2H3,(H,18,21)(H,22,23). The van der Waals surface area contributed by atoms with Crippen molar-refractivity contribution in [3.63, 3.8) is 0 Å². The molecule has 126 valence electrons. The molecule has 0 aliphatic heterocycles. The summed E-state index contributed by atoms with van der Waals surface area (Å²) in [5.74, 6) is -0.797. The van der Waals surface area contributed by atoms with Crippen LogP contribution in [0.1, 0.15) is 28.9 Å². The molecule has 2 aromatic rings. The SMILES string of the molecule is COc1ccc(C)cc1-n1ccc(C(=O)NC2CC(C(=O)O)C2)n1. The average molecular weight is 329 g/mol. The van der Waals surface area contributed by atoms with Crippen LogP contribution in [-0.2, 0) is 4.79 Å². The van der Waals surface area contributed by atoms with E-state index in [1.165, 1.54) is 0 Å². The predicted octanol–water partition coefficient (Wildman–Crippen LogP) is 1.78. The molecule has 1 amide bonds. The summed E-state index contributed by atoms with van der Waals surface area (Å²) in [4.78, 5) is 23.0. The normalized spacial score (nSPS) is 19.4. The van der Waals surface area contributed by atoms with E-state index in [0.717, 1.165) is 11.3 Å². The van der Waals surface area contributed by atoms with Crippen LogP contribution in [0.15, 0.2) is 30.5 Å². The van der Waals surface area contributed by atoms with Crippen molar-refractivity contribution in [2.24, 2.45) is 5.92 Å². The number of carboxylic acids is 1. The maximum absolute atomic E-state index is 12.2. The van der Waals surface area contributed by atoms with E-state index < -0.39 is 5.97 Å². The van der Waals surface area contributed by atoms with Gasteiger partial charge in [0.25, 0.3) is 5.91 Å². The summed E-state index contributed by atoms with van der Waals surface area (Å²) in [6.07, 6.45) is 2.63. The van der Waals surface area contributed by atoms with E-state index in [4.69, 9.17) is 9.84 Å². The molecule has 7 heteroatoms. The van der Waals surface area contributed by atoms with E-state index >= 15 is 0 Å². The predicted molar refractivity (Wildman–Crippen MR) is 86.5 cm³/mol. The van der Waals surface area contributed by atoms with Crippen molar-refractivity contribution < 1.29 is 19.4 Å². The van der Waals surface area contributed by atoms with Gasteiger partial charge in [0.15, 0.2) is 5.69 Å². The van der Waals surface area contributed by atoms with Crippen LogP contribution >= 0.6 is 0 Å². The number of benzene rings is 1. The molecule has 1 aromatic heterocycles. The van der Waals surface area contributed by atoms with Crippen molar-refractivity contribution in [3.8, 4) is 11.4 Å². The number of hydrogen-bond acceptors (Lipinski definition) is 4. The van der Waals surface area contributed by atoms with Crippen LogP contribution in [0, 0.1) is 12.8 Å². The molecule has 7 nitrogen and oxygen atoms in total. The highest BCUT2D eigenvalue weighted by Gasteiger charge is 2.35. The second kappa shape index (κ2) is 6.35. The number of nitrogens with one attached hydrogen (secondary N) is 1. The van der Waals surface area contributed by atoms with E-state index in [2.05, 4.69) is 10.4 Å². The minimum absolute atomic E-state index is 0.0998. The zero-order valence-electron chi connectivity index (χ0n) is 13.5. The highest BCUT2D eigenvalue weighted by molar-refractivity contribution is 5.92.